The van der Waals surface area contributed by atoms with E-state index in [1.165, 1.54) is 12.1 Å². The van der Waals surface area contributed by atoms with E-state index in [1.54, 1.807) is 18.2 Å². The topological polar surface area (TPSA) is 85.8 Å². The average molecular weight is 456 g/mol. The number of ether oxygens (including phenoxy) is 4. The molecule has 2 saturated heterocycles. The van der Waals surface area contributed by atoms with Crippen molar-refractivity contribution in [2.24, 2.45) is 0 Å². The molecule has 172 valence electrons. The molecule has 0 aliphatic carbocycles. The van der Waals surface area contributed by atoms with Gasteiger partial charge in [-0.25, -0.2) is 13.8 Å². The second kappa shape index (κ2) is 8.18. The van der Waals surface area contributed by atoms with E-state index < -0.39 is 23.8 Å². The van der Waals surface area contributed by atoms with E-state index in [9.17, 15) is 13.9 Å². The van der Waals surface area contributed by atoms with Gasteiger partial charge >= 0.3 is 0 Å². The highest BCUT2D eigenvalue weighted by Gasteiger charge is 2.48. The van der Waals surface area contributed by atoms with Gasteiger partial charge in [0.25, 0.3) is 0 Å². The van der Waals surface area contributed by atoms with Crippen molar-refractivity contribution in [2.75, 3.05) is 26.4 Å². The number of pyridine rings is 1. The summed E-state index contributed by atoms with van der Waals surface area (Å²) in [6.45, 7) is 1.49. The number of halogens is 2. The van der Waals surface area contributed by atoms with Crippen molar-refractivity contribution < 1.29 is 32.8 Å². The van der Waals surface area contributed by atoms with Gasteiger partial charge < -0.3 is 29.0 Å². The number of aromatic nitrogens is 2. The molecule has 33 heavy (non-hydrogen) atoms. The van der Waals surface area contributed by atoms with Crippen LogP contribution in [-0.2, 0) is 14.2 Å². The molecule has 7 nitrogen and oxygen atoms in total. The molecule has 0 spiro atoms. The Balaban J connectivity index is 1.27. The molecule has 2 fully saturated rings. The third kappa shape index (κ3) is 3.71. The summed E-state index contributed by atoms with van der Waals surface area (Å²) in [6, 6.07) is 7.65. The minimum Gasteiger partial charge on any atom is -0.470 e. The number of aliphatic hydroxyl groups is 1. The molecule has 6 rings (SSSR count). The Bertz CT molecular complexity index is 1220. The Kier molecular flexibility index (Phi) is 5.14. The van der Waals surface area contributed by atoms with Crippen LogP contribution in [0, 0.1) is 11.6 Å². The van der Waals surface area contributed by atoms with E-state index in [1.807, 2.05) is 6.08 Å². The summed E-state index contributed by atoms with van der Waals surface area (Å²) >= 11 is 0. The molecule has 9 heteroatoms. The van der Waals surface area contributed by atoms with Crippen molar-refractivity contribution in [1.82, 2.24) is 9.97 Å². The molecule has 1 aromatic carbocycles. The quantitative estimate of drug-likeness (QED) is 0.627. The van der Waals surface area contributed by atoms with E-state index >= 15 is 0 Å². The van der Waals surface area contributed by atoms with Crippen LogP contribution in [0.4, 0.5) is 8.78 Å². The van der Waals surface area contributed by atoms with Crippen molar-refractivity contribution in [3.8, 4) is 17.1 Å². The number of nitrogens with zero attached hydrogens (tertiary/aromatic N) is 1. The number of nitrogens with one attached hydrogen (secondary N) is 1. The lowest BCUT2D eigenvalue weighted by Gasteiger charge is -2.16. The Hall–Kier alpha value is -2.85. The van der Waals surface area contributed by atoms with Crippen LogP contribution in [0.5, 0.6) is 5.88 Å². The van der Waals surface area contributed by atoms with Crippen LogP contribution < -0.4 is 4.74 Å². The number of rotatable bonds is 4. The van der Waals surface area contributed by atoms with Crippen molar-refractivity contribution in [3.05, 3.63) is 53.6 Å². The molecule has 0 saturated carbocycles. The van der Waals surface area contributed by atoms with Gasteiger partial charge in [0.15, 0.2) is 12.0 Å². The standard InChI is InChI=1S/C24H22F2N2O5/c25-14-7-13(12-3-5-30-6-4-12)8-15(26)22(14)17-2-1-16-18(27-17)9-21(28-16)33-20-11-32-23-19(29)10-31-24(20)23/h1-3,7-9,19-20,23-24,28-29H,4-6,10-11H2/t19-,20-,23?,24-/m1/s1. The van der Waals surface area contributed by atoms with Crippen molar-refractivity contribution in [1.29, 1.82) is 0 Å². The first-order chi connectivity index (χ1) is 16.1. The molecule has 0 bridgehead atoms. The number of fused-ring (bicyclic) bond motifs is 2. The molecule has 1 unspecified atom stereocenters. The first kappa shape index (κ1) is 20.7. The minimum atomic E-state index is -0.665. The van der Waals surface area contributed by atoms with Gasteiger partial charge in [0.05, 0.1) is 48.7 Å². The highest BCUT2D eigenvalue weighted by molar-refractivity contribution is 5.81. The molecule has 0 radical (unpaired) electrons. The van der Waals surface area contributed by atoms with Crippen LogP contribution in [0.25, 0.3) is 27.9 Å². The molecule has 4 atom stereocenters. The summed E-state index contributed by atoms with van der Waals surface area (Å²) < 4.78 is 52.3. The van der Waals surface area contributed by atoms with Gasteiger partial charge in [-0.3, -0.25) is 0 Å². The van der Waals surface area contributed by atoms with E-state index in [0.717, 1.165) is 5.57 Å². The molecule has 2 aromatic heterocycles. The zero-order valence-electron chi connectivity index (χ0n) is 17.6. The van der Waals surface area contributed by atoms with Crippen LogP contribution >= 0.6 is 0 Å². The van der Waals surface area contributed by atoms with Crippen molar-refractivity contribution in [2.45, 2.75) is 30.8 Å². The van der Waals surface area contributed by atoms with Gasteiger partial charge in [0.2, 0.25) is 0 Å². The van der Waals surface area contributed by atoms with Crippen LogP contribution in [-0.4, -0.2) is 65.9 Å². The lowest BCUT2D eigenvalue weighted by molar-refractivity contribution is 0.00794. The summed E-state index contributed by atoms with van der Waals surface area (Å²) in [5.74, 6) is -0.888. The largest absolute Gasteiger partial charge is 0.470 e. The fourth-order valence-corrected chi connectivity index (χ4v) is 4.69. The van der Waals surface area contributed by atoms with Crippen LogP contribution in [0.1, 0.15) is 12.0 Å². The highest BCUT2D eigenvalue weighted by atomic mass is 19.1. The number of H-pyrrole nitrogens is 1. The fraction of sp³-hybridized carbons (Fsp3) is 0.375. The molecular formula is C24H22F2N2O5. The van der Waals surface area contributed by atoms with Gasteiger partial charge in [-0.05, 0) is 41.8 Å². The Morgan fingerprint density at radius 3 is 2.67 bits per heavy atom. The molecule has 0 amide bonds. The first-order valence-electron chi connectivity index (χ1n) is 10.9. The molecule has 3 aliphatic heterocycles. The zero-order chi connectivity index (χ0) is 22.5. The maximum atomic E-state index is 15.0. The zero-order valence-corrected chi connectivity index (χ0v) is 17.6. The summed E-state index contributed by atoms with van der Waals surface area (Å²) in [5, 5.41) is 9.88. The monoisotopic (exact) mass is 456 g/mol. The predicted octanol–water partition coefficient (Wildman–Crippen LogP) is 3.22. The van der Waals surface area contributed by atoms with Gasteiger partial charge in [0, 0.05) is 6.07 Å². The van der Waals surface area contributed by atoms with E-state index in [2.05, 4.69) is 9.97 Å². The average Bonchev–Trinajstić information content (AvgIpc) is 3.50. The molecule has 3 aliphatic rings. The fourth-order valence-electron chi connectivity index (χ4n) is 4.69. The number of aliphatic hydroxyl groups excluding tert-OH is 1. The summed E-state index contributed by atoms with van der Waals surface area (Å²) in [4.78, 5) is 7.56. The molecule has 5 heterocycles. The van der Waals surface area contributed by atoms with Crippen LogP contribution in [0.15, 0.2) is 36.4 Å². The minimum absolute atomic E-state index is 0.169. The van der Waals surface area contributed by atoms with Crippen LogP contribution in [0.2, 0.25) is 0 Å². The van der Waals surface area contributed by atoms with Gasteiger partial charge in [0.1, 0.15) is 29.9 Å². The molecular weight excluding hydrogens is 434 g/mol. The van der Waals surface area contributed by atoms with Crippen LogP contribution in [0.3, 0.4) is 0 Å². The van der Waals surface area contributed by atoms with Gasteiger partial charge in [-0.2, -0.15) is 0 Å². The highest BCUT2D eigenvalue weighted by Crippen LogP contribution is 2.33. The second-order valence-electron chi connectivity index (χ2n) is 8.45. The maximum Gasteiger partial charge on any atom is 0.193 e. The first-order valence-corrected chi connectivity index (χ1v) is 10.9. The molecule has 2 N–H and O–H groups in total. The van der Waals surface area contributed by atoms with Crippen molar-refractivity contribution in [3.63, 3.8) is 0 Å². The SMILES string of the molecule is O[C@@H]1CO[C@H]2C1OC[C@H]2Oc1cc2nc(-c3c(F)cc(C4=CCOCC4)cc3F)ccc2[nH]1. The predicted molar refractivity (Wildman–Crippen MR) is 115 cm³/mol. The van der Waals surface area contributed by atoms with Gasteiger partial charge in [-0.1, -0.05) is 6.08 Å². The van der Waals surface area contributed by atoms with E-state index in [-0.39, 0.29) is 30.1 Å². The Morgan fingerprint density at radius 1 is 1.06 bits per heavy atom. The number of benzene rings is 1. The molecule has 3 aromatic rings. The lowest BCUT2D eigenvalue weighted by Crippen LogP contribution is -2.34. The van der Waals surface area contributed by atoms with Gasteiger partial charge in [-0.15, -0.1) is 0 Å². The Morgan fingerprint density at radius 2 is 1.88 bits per heavy atom. The summed E-state index contributed by atoms with van der Waals surface area (Å²) in [6.07, 6.45) is 0.693. The normalized spacial score (nSPS) is 27.1. The third-order valence-electron chi connectivity index (χ3n) is 6.34. The summed E-state index contributed by atoms with van der Waals surface area (Å²) in [5.41, 5.74) is 2.60. The maximum absolute atomic E-state index is 15.0. The summed E-state index contributed by atoms with van der Waals surface area (Å²) in [7, 11) is 0. The van der Waals surface area contributed by atoms with E-state index in [0.29, 0.717) is 48.7 Å². The number of hydrogen-bond donors (Lipinski definition) is 2. The Labute approximate surface area is 187 Å². The number of aromatic amines is 1. The lowest BCUT2D eigenvalue weighted by atomic mass is 9.98. The number of hydrogen-bond acceptors (Lipinski definition) is 6. The smallest absolute Gasteiger partial charge is 0.193 e. The third-order valence-corrected chi connectivity index (χ3v) is 6.34. The second-order valence-corrected chi connectivity index (χ2v) is 8.45. The van der Waals surface area contributed by atoms with E-state index in [4.69, 9.17) is 18.9 Å². The van der Waals surface area contributed by atoms with Crippen molar-refractivity contribution >= 4 is 16.6 Å².